The van der Waals surface area contributed by atoms with Gasteiger partial charge in [-0.25, -0.2) is 0 Å². The number of aliphatic hydroxyl groups excluding tert-OH is 1. The van der Waals surface area contributed by atoms with Gasteiger partial charge in [-0.3, -0.25) is 0 Å². The molecule has 0 saturated carbocycles. The van der Waals surface area contributed by atoms with Gasteiger partial charge in [0.1, 0.15) is 5.75 Å². The van der Waals surface area contributed by atoms with Crippen LogP contribution in [0.25, 0.3) is 0 Å². The molecule has 0 saturated heterocycles. The van der Waals surface area contributed by atoms with Crippen molar-refractivity contribution in [2.75, 3.05) is 7.11 Å². The number of benzene rings is 1. The predicted octanol–water partition coefficient (Wildman–Crippen LogP) is 4.41. The molecule has 0 bridgehead atoms. The average molecular weight is 341 g/mol. The van der Waals surface area contributed by atoms with Crippen LogP contribution in [0.2, 0.25) is 0 Å². The Balaban J connectivity index is 2.23. The number of aryl methyl sites for hydroxylation is 2. The number of rotatable bonds is 4. The molecule has 2 aromatic rings. The molecule has 0 aliphatic heterocycles. The fraction of sp³-hybridized carbons (Fsp3) is 0.333. The molecule has 1 aromatic heterocycles. The van der Waals surface area contributed by atoms with Crippen molar-refractivity contribution in [3.63, 3.8) is 0 Å². The number of hydrogen-bond acceptors (Lipinski definition) is 3. The van der Waals surface area contributed by atoms with Crippen molar-refractivity contribution >= 4 is 27.3 Å². The van der Waals surface area contributed by atoms with E-state index in [9.17, 15) is 5.11 Å². The van der Waals surface area contributed by atoms with Crippen LogP contribution in [0.1, 0.15) is 27.0 Å². The molecule has 1 N–H and O–H groups in total. The molecule has 0 aliphatic carbocycles. The zero-order chi connectivity index (χ0) is 14.0. The van der Waals surface area contributed by atoms with Crippen molar-refractivity contribution in [2.24, 2.45) is 0 Å². The standard InChI is InChI=1S/C15H17BrO2S/c1-9-6-13(10(2)19-9)15(17)8-11-7-12(18-3)4-5-14(11)16/h4-7,15,17H,8H2,1-3H3. The molecule has 0 amide bonds. The van der Waals surface area contributed by atoms with Gasteiger partial charge in [0.15, 0.2) is 0 Å². The third-order valence-corrected chi connectivity index (χ3v) is 4.86. The van der Waals surface area contributed by atoms with E-state index in [4.69, 9.17) is 4.74 Å². The van der Waals surface area contributed by atoms with Crippen LogP contribution in [-0.4, -0.2) is 12.2 Å². The largest absolute Gasteiger partial charge is 0.497 e. The first-order chi connectivity index (χ1) is 9.01. The van der Waals surface area contributed by atoms with Gasteiger partial charge in [0.05, 0.1) is 13.2 Å². The van der Waals surface area contributed by atoms with Gasteiger partial charge >= 0.3 is 0 Å². The summed E-state index contributed by atoms with van der Waals surface area (Å²) in [4.78, 5) is 2.42. The van der Waals surface area contributed by atoms with Gasteiger partial charge in [-0.15, -0.1) is 11.3 Å². The van der Waals surface area contributed by atoms with E-state index >= 15 is 0 Å². The van der Waals surface area contributed by atoms with Crippen molar-refractivity contribution in [2.45, 2.75) is 26.4 Å². The van der Waals surface area contributed by atoms with Gasteiger partial charge in [-0.2, -0.15) is 0 Å². The van der Waals surface area contributed by atoms with E-state index < -0.39 is 6.10 Å². The smallest absolute Gasteiger partial charge is 0.119 e. The fourth-order valence-electron chi connectivity index (χ4n) is 2.13. The Bertz CT molecular complexity index is 578. The van der Waals surface area contributed by atoms with Gasteiger partial charge in [0, 0.05) is 20.6 Å². The first kappa shape index (κ1) is 14.6. The molecule has 1 atom stereocenters. The van der Waals surface area contributed by atoms with Crippen LogP contribution in [0.5, 0.6) is 5.75 Å². The Morgan fingerprint density at radius 1 is 1.32 bits per heavy atom. The molecule has 1 unspecified atom stereocenters. The van der Waals surface area contributed by atoms with Gasteiger partial charge in [-0.1, -0.05) is 15.9 Å². The van der Waals surface area contributed by atoms with Crippen LogP contribution in [0.4, 0.5) is 0 Å². The molecule has 102 valence electrons. The molecule has 0 aliphatic rings. The maximum atomic E-state index is 10.4. The Morgan fingerprint density at radius 3 is 2.63 bits per heavy atom. The number of halogens is 1. The number of ether oxygens (including phenoxy) is 1. The zero-order valence-corrected chi connectivity index (χ0v) is 13.6. The lowest BCUT2D eigenvalue weighted by molar-refractivity contribution is 0.178. The maximum Gasteiger partial charge on any atom is 0.119 e. The third-order valence-electron chi connectivity index (χ3n) is 3.10. The summed E-state index contributed by atoms with van der Waals surface area (Å²) in [6.07, 6.45) is 0.0998. The maximum absolute atomic E-state index is 10.4. The number of thiophene rings is 1. The average Bonchev–Trinajstić information content (AvgIpc) is 2.71. The van der Waals surface area contributed by atoms with Crippen molar-refractivity contribution < 1.29 is 9.84 Å². The minimum absolute atomic E-state index is 0.478. The number of methoxy groups -OCH3 is 1. The Hall–Kier alpha value is -0.840. The second-order valence-electron chi connectivity index (χ2n) is 4.55. The van der Waals surface area contributed by atoms with E-state index in [1.165, 1.54) is 9.75 Å². The molecule has 4 heteroatoms. The highest BCUT2D eigenvalue weighted by atomic mass is 79.9. The Morgan fingerprint density at radius 2 is 2.05 bits per heavy atom. The minimum atomic E-state index is -0.478. The molecule has 0 fully saturated rings. The summed E-state index contributed by atoms with van der Waals surface area (Å²) in [6, 6.07) is 7.88. The van der Waals surface area contributed by atoms with Gasteiger partial charge in [-0.05, 0) is 49.2 Å². The SMILES string of the molecule is COc1ccc(Br)c(CC(O)c2cc(C)sc2C)c1. The molecule has 1 aromatic carbocycles. The first-order valence-electron chi connectivity index (χ1n) is 6.08. The normalized spacial score (nSPS) is 12.5. The highest BCUT2D eigenvalue weighted by molar-refractivity contribution is 9.10. The summed E-state index contributed by atoms with van der Waals surface area (Å²) in [6.45, 7) is 4.12. The summed E-state index contributed by atoms with van der Waals surface area (Å²) in [7, 11) is 1.65. The molecule has 1 heterocycles. The van der Waals surface area contributed by atoms with Crippen molar-refractivity contribution in [1.29, 1.82) is 0 Å². The first-order valence-corrected chi connectivity index (χ1v) is 7.69. The van der Waals surface area contributed by atoms with Crippen molar-refractivity contribution in [3.05, 3.63) is 49.6 Å². The fourth-order valence-corrected chi connectivity index (χ4v) is 3.52. The van der Waals surface area contributed by atoms with Crippen molar-refractivity contribution in [3.8, 4) is 5.75 Å². The van der Waals surface area contributed by atoms with E-state index in [2.05, 4.69) is 35.8 Å². The lowest BCUT2D eigenvalue weighted by Gasteiger charge is -2.13. The van der Waals surface area contributed by atoms with E-state index in [-0.39, 0.29) is 0 Å². The quantitative estimate of drug-likeness (QED) is 0.892. The molecule has 0 spiro atoms. The number of hydrogen-bond donors (Lipinski definition) is 1. The third kappa shape index (κ3) is 3.38. The summed E-state index contributed by atoms with van der Waals surface area (Å²) in [5.74, 6) is 0.809. The van der Waals surface area contributed by atoms with E-state index in [1.807, 2.05) is 18.2 Å². The Kier molecular flexibility index (Phi) is 4.66. The minimum Gasteiger partial charge on any atom is -0.497 e. The van der Waals surface area contributed by atoms with Crippen LogP contribution < -0.4 is 4.74 Å². The van der Waals surface area contributed by atoms with Crippen molar-refractivity contribution in [1.82, 2.24) is 0 Å². The highest BCUT2D eigenvalue weighted by Crippen LogP contribution is 2.31. The monoisotopic (exact) mass is 340 g/mol. The molecular weight excluding hydrogens is 324 g/mol. The van der Waals surface area contributed by atoms with Crippen LogP contribution in [-0.2, 0) is 6.42 Å². The lowest BCUT2D eigenvalue weighted by Crippen LogP contribution is -2.03. The summed E-state index contributed by atoms with van der Waals surface area (Å²) in [5.41, 5.74) is 2.08. The Labute approximate surface area is 126 Å². The van der Waals surface area contributed by atoms with Gasteiger partial charge < -0.3 is 9.84 Å². The lowest BCUT2D eigenvalue weighted by atomic mass is 10.0. The summed E-state index contributed by atoms with van der Waals surface area (Å²) in [5, 5.41) is 10.4. The van der Waals surface area contributed by atoms with Gasteiger partial charge in [0.2, 0.25) is 0 Å². The van der Waals surface area contributed by atoms with E-state index in [1.54, 1.807) is 18.4 Å². The highest BCUT2D eigenvalue weighted by Gasteiger charge is 2.15. The van der Waals surface area contributed by atoms with Crippen LogP contribution in [0, 0.1) is 13.8 Å². The molecule has 0 radical (unpaired) electrons. The molecule has 2 rings (SSSR count). The molecule has 2 nitrogen and oxygen atoms in total. The van der Waals surface area contributed by atoms with Crippen LogP contribution >= 0.6 is 27.3 Å². The molecular formula is C15H17BrO2S. The van der Waals surface area contributed by atoms with E-state index in [0.717, 1.165) is 21.3 Å². The topological polar surface area (TPSA) is 29.5 Å². The second-order valence-corrected chi connectivity index (χ2v) is 6.86. The number of aliphatic hydroxyl groups is 1. The van der Waals surface area contributed by atoms with Crippen LogP contribution in [0.15, 0.2) is 28.7 Å². The van der Waals surface area contributed by atoms with Gasteiger partial charge in [0.25, 0.3) is 0 Å². The second kappa shape index (κ2) is 6.07. The summed E-state index contributed by atoms with van der Waals surface area (Å²) >= 11 is 5.24. The van der Waals surface area contributed by atoms with Crippen LogP contribution in [0.3, 0.4) is 0 Å². The summed E-state index contributed by atoms with van der Waals surface area (Å²) < 4.78 is 6.22. The molecule has 19 heavy (non-hydrogen) atoms. The predicted molar refractivity (Wildman–Crippen MR) is 83.2 cm³/mol. The zero-order valence-electron chi connectivity index (χ0n) is 11.2. The van der Waals surface area contributed by atoms with E-state index in [0.29, 0.717) is 6.42 Å².